The van der Waals surface area contributed by atoms with Crippen molar-refractivity contribution in [2.24, 2.45) is 0 Å². The number of fused-ring (bicyclic) bond motifs is 1. The van der Waals surface area contributed by atoms with Gasteiger partial charge in [-0.25, -0.2) is 8.42 Å². The molecule has 7 heteroatoms. The summed E-state index contributed by atoms with van der Waals surface area (Å²) in [6.45, 7) is 6.03. The van der Waals surface area contributed by atoms with E-state index in [1.54, 1.807) is 6.07 Å². The summed E-state index contributed by atoms with van der Waals surface area (Å²) in [6, 6.07) is 11.9. The lowest BCUT2D eigenvalue weighted by Gasteiger charge is -2.22. The highest BCUT2D eigenvalue weighted by atomic mass is 32.2. The number of carbonyl (C=O) groups excluding carboxylic acids is 1. The van der Waals surface area contributed by atoms with Crippen molar-refractivity contribution < 1.29 is 17.9 Å². The number of methoxy groups -OCH3 is 1. The van der Waals surface area contributed by atoms with Crippen molar-refractivity contribution in [1.82, 2.24) is 5.32 Å². The maximum absolute atomic E-state index is 13.2. The van der Waals surface area contributed by atoms with Crippen LogP contribution in [0.4, 0.5) is 5.69 Å². The van der Waals surface area contributed by atoms with Gasteiger partial charge in [-0.1, -0.05) is 18.2 Å². The zero-order valence-corrected chi connectivity index (χ0v) is 16.8. The molecular weight excluding hydrogens is 364 g/mol. The summed E-state index contributed by atoms with van der Waals surface area (Å²) in [6.07, 6.45) is 0.670. The van der Waals surface area contributed by atoms with Crippen molar-refractivity contribution in [3.05, 3.63) is 53.6 Å². The van der Waals surface area contributed by atoms with Gasteiger partial charge < -0.3 is 10.1 Å². The predicted molar refractivity (Wildman–Crippen MR) is 105 cm³/mol. The fraction of sp³-hybridized carbons (Fsp3) is 0.350. The molecule has 0 aliphatic carbocycles. The quantitative estimate of drug-likeness (QED) is 0.874. The number of amides is 1. The maximum Gasteiger partial charge on any atom is 0.268 e. The van der Waals surface area contributed by atoms with E-state index in [0.29, 0.717) is 24.2 Å². The molecule has 0 spiro atoms. The second-order valence-electron chi connectivity index (χ2n) is 7.53. The monoisotopic (exact) mass is 388 g/mol. The Bertz CT molecular complexity index is 978. The molecule has 0 atom stereocenters. The fourth-order valence-corrected chi connectivity index (χ4v) is 4.75. The van der Waals surface area contributed by atoms with Crippen LogP contribution in [0.2, 0.25) is 0 Å². The standard InChI is InChI=1S/C20H24N2O4S/c1-20(2,3)21-19(23)15-9-10-18(17(13-15)26-4)27(24,25)22-12-11-14-7-5-6-8-16(14)22/h5-10,13H,11-12H2,1-4H3,(H,21,23). The van der Waals surface area contributed by atoms with Gasteiger partial charge in [-0.05, 0) is 57.0 Å². The molecule has 2 aromatic rings. The molecule has 0 saturated carbocycles. The maximum atomic E-state index is 13.2. The lowest BCUT2D eigenvalue weighted by Crippen LogP contribution is -2.40. The SMILES string of the molecule is COc1cc(C(=O)NC(C)(C)C)ccc1S(=O)(=O)N1CCc2ccccc21. The van der Waals surface area contributed by atoms with Gasteiger partial charge >= 0.3 is 0 Å². The van der Waals surface area contributed by atoms with Gasteiger partial charge in [0.2, 0.25) is 0 Å². The molecule has 1 heterocycles. The summed E-state index contributed by atoms with van der Waals surface area (Å²) >= 11 is 0. The number of sulfonamides is 1. The van der Waals surface area contributed by atoms with Gasteiger partial charge in [0.25, 0.3) is 15.9 Å². The van der Waals surface area contributed by atoms with Crippen molar-refractivity contribution in [2.75, 3.05) is 18.0 Å². The molecule has 1 amide bonds. The minimum absolute atomic E-state index is 0.0500. The molecule has 0 bridgehead atoms. The van der Waals surface area contributed by atoms with Crippen LogP contribution in [0, 0.1) is 0 Å². The van der Waals surface area contributed by atoms with E-state index < -0.39 is 15.6 Å². The Hall–Kier alpha value is -2.54. The van der Waals surface area contributed by atoms with E-state index in [1.807, 2.05) is 39.0 Å². The summed E-state index contributed by atoms with van der Waals surface area (Å²) < 4.78 is 33.2. The summed E-state index contributed by atoms with van der Waals surface area (Å²) in [5, 5.41) is 2.86. The highest BCUT2D eigenvalue weighted by Gasteiger charge is 2.33. The van der Waals surface area contributed by atoms with Crippen LogP contribution in [-0.2, 0) is 16.4 Å². The van der Waals surface area contributed by atoms with Crippen LogP contribution >= 0.6 is 0 Å². The molecule has 1 aliphatic rings. The topological polar surface area (TPSA) is 75.7 Å². The summed E-state index contributed by atoms with van der Waals surface area (Å²) in [5.74, 6) is -0.128. The van der Waals surface area contributed by atoms with Crippen LogP contribution in [0.1, 0.15) is 36.7 Å². The molecule has 0 aromatic heterocycles. The highest BCUT2D eigenvalue weighted by molar-refractivity contribution is 7.93. The summed E-state index contributed by atoms with van der Waals surface area (Å²) in [5.41, 5.74) is 1.65. The first-order chi connectivity index (χ1) is 12.6. The summed E-state index contributed by atoms with van der Waals surface area (Å²) in [7, 11) is -2.40. The third-order valence-electron chi connectivity index (χ3n) is 4.33. The lowest BCUT2D eigenvalue weighted by molar-refractivity contribution is 0.0919. The van der Waals surface area contributed by atoms with Gasteiger partial charge in [0.1, 0.15) is 10.6 Å². The van der Waals surface area contributed by atoms with Crippen LogP contribution in [0.5, 0.6) is 5.75 Å². The van der Waals surface area contributed by atoms with E-state index >= 15 is 0 Å². The number of benzene rings is 2. The van der Waals surface area contributed by atoms with Gasteiger partial charge in [-0.2, -0.15) is 0 Å². The van der Waals surface area contributed by atoms with Gasteiger partial charge in [0.15, 0.2) is 0 Å². The normalized spacial score (nSPS) is 14.0. The van der Waals surface area contributed by atoms with Gasteiger partial charge in [-0.15, -0.1) is 0 Å². The number of para-hydroxylation sites is 1. The molecule has 0 unspecified atom stereocenters. The molecule has 2 aromatic carbocycles. The molecule has 0 saturated heterocycles. The van der Waals surface area contributed by atoms with E-state index in [9.17, 15) is 13.2 Å². The number of rotatable bonds is 4. The van der Waals surface area contributed by atoms with Crippen LogP contribution in [0.3, 0.4) is 0 Å². The third kappa shape index (κ3) is 3.78. The van der Waals surface area contributed by atoms with E-state index in [1.165, 1.54) is 29.6 Å². The number of anilines is 1. The van der Waals surface area contributed by atoms with Crippen molar-refractivity contribution >= 4 is 21.6 Å². The van der Waals surface area contributed by atoms with Crippen molar-refractivity contribution in [1.29, 1.82) is 0 Å². The van der Waals surface area contributed by atoms with E-state index in [-0.39, 0.29) is 16.6 Å². The number of hydrogen-bond acceptors (Lipinski definition) is 4. The molecule has 3 rings (SSSR count). The molecular formula is C20H24N2O4S. The van der Waals surface area contributed by atoms with Gasteiger partial charge in [0.05, 0.1) is 12.8 Å². The Morgan fingerprint density at radius 2 is 1.85 bits per heavy atom. The Morgan fingerprint density at radius 1 is 1.15 bits per heavy atom. The molecule has 144 valence electrons. The number of hydrogen-bond donors (Lipinski definition) is 1. The van der Waals surface area contributed by atoms with Gasteiger partial charge in [-0.3, -0.25) is 9.10 Å². The molecule has 1 aliphatic heterocycles. The van der Waals surface area contributed by atoms with E-state index in [4.69, 9.17) is 4.74 Å². The number of ether oxygens (including phenoxy) is 1. The molecule has 6 nitrogen and oxygen atoms in total. The average molecular weight is 388 g/mol. The van der Waals surface area contributed by atoms with Crippen LogP contribution in [0.15, 0.2) is 47.4 Å². The molecule has 0 fully saturated rings. The third-order valence-corrected chi connectivity index (χ3v) is 6.18. The summed E-state index contributed by atoms with van der Waals surface area (Å²) in [4.78, 5) is 12.4. The van der Waals surface area contributed by atoms with E-state index in [0.717, 1.165) is 5.56 Å². The van der Waals surface area contributed by atoms with Crippen molar-refractivity contribution in [3.63, 3.8) is 0 Å². The number of nitrogens with one attached hydrogen (secondary N) is 1. The molecule has 0 radical (unpaired) electrons. The van der Waals surface area contributed by atoms with Crippen LogP contribution in [-0.4, -0.2) is 33.5 Å². The van der Waals surface area contributed by atoms with Crippen molar-refractivity contribution in [2.45, 2.75) is 37.6 Å². The minimum Gasteiger partial charge on any atom is -0.495 e. The number of carbonyl (C=O) groups is 1. The minimum atomic E-state index is -3.80. The lowest BCUT2D eigenvalue weighted by atomic mass is 10.1. The first-order valence-electron chi connectivity index (χ1n) is 8.75. The second kappa shape index (κ2) is 6.88. The van der Waals surface area contributed by atoms with Crippen LogP contribution in [0.25, 0.3) is 0 Å². The fourth-order valence-electron chi connectivity index (χ4n) is 3.11. The average Bonchev–Trinajstić information content (AvgIpc) is 3.04. The second-order valence-corrected chi connectivity index (χ2v) is 9.36. The van der Waals surface area contributed by atoms with Crippen molar-refractivity contribution in [3.8, 4) is 5.75 Å². The van der Waals surface area contributed by atoms with Crippen LogP contribution < -0.4 is 14.4 Å². The number of nitrogens with zero attached hydrogens (tertiary/aromatic N) is 1. The Labute approximate surface area is 160 Å². The zero-order chi connectivity index (χ0) is 19.8. The zero-order valence-electron chi connectivity index (χ0n) is 15.9. The Morgan fingerprint density at radius 3 is 2.52 bits per heavy atom. The molecule has 27 heavy (non-hydrogen) atoms. The predicted octanol–water partition coefficient (Wildman–Crippen LogP) is 2.97. The molecule has 1 N–H and O–H groups in total. The first-order valence-corrected chi connectivity index (χ1v) is 10.2. The highest BCUT2D eigenvalue weighted by Crippen LogP contribution is 2.35. The largest absolute Gasteiger partial charge is 0.495 e. The van der Waals surface area contributed by atoms with E-state index in [2.05, 4.69) is 5.32 Å². The van der Waals surface area contributed by atoms with Gasteiger partial charge in [0, 0.05) is 17.6 Å². The Balaban J connectivity index is 1.98. The smallest absolute Gasteiger partial charge is 0.268 e. The first kappa shape index (κ1) is 19.2. The Kier molecular flexibility index (Phi) is 4.90.